The summed E-state index contributed by atoms with van der Waals surface area (Å²) in [6.45, 7) is 4.95. The molecule has 4 N–H and O–H groups in total. The van der Waals surface area contributed by atoms with Crippen molar-refractivity contribution in [3.05, 3.63) is 84.3 Å². The van der Waals surface area contributed by atoms with Gasteiger partial charge in [0.2, 0.25) is 11.8 Å². The Balaban J connectivity index is 0.000000541. The first-order valence-electron chi connectivity index (χ1n) is 16.3. The van der Waals surface area contributed by atoms with E-state index in [1.165, 1.54) is 11.9 Å². The number of Topliss-reactive ketones (excluding diaryl/α,β-unsaturated/α-hetero) is 2. The van der Waals surface area contributed by atoms with Crippen LogP contribution in [0.25, 0.3) is 0 Å². The summed E-state index contributed by atoms with van der Waals surface area (Å²) in [4.78, 5) is 63.9. The molecular weight excluding hydrogens is 714 g/mol. The summed E-state index contributed by atoms with van der Waals surface area (Å²) >= 11 is 0. The number of halogens is 6. The van der Waals surface area contributed by atoms with Crippen molar-refractivity contribution in [1.82, 2.24) is 19.8 Å². The highest BCUT2D eigenvalue weighted by atomic mass is 19.4. The predicted molar refractivity (Wildman–Crippen MR) is 179 cm³/mol. The third-order valence-electron chi connectivity index (χ3n) is 7.86. The third-order valence-corrected chi connectivity index (χ3v) is 7.86. The van der Waals surface area contributed by atoms with E-state index in [4.69, 9.17) is 10.5 Å². The van der Waals surface area contributed by atoms with Crippen LogP contribution in [-0.2, 0) is 48.3 Å². The molecule has 4 rings (SSSR count). The number of nitrogens with two attached hydrogens (primary N) is 1. The van der Waals surface area contributed by atoms with Crippen molar-refractivity contribution in [1.29, 1.82) is 0 Å². The van der Waals surface area contributed by atoms with Gasteiger partial charge in [-0.3, -0.25) is 24.0 Å². The summed E-state index contributed by atoms with van der Waals surface area (Å²) in [5.74, 6) is -6.92. The van der Waals surface area contributed by atoms with Crippen LogP contribution >= 0.6 is 0 Å². The average molecular weight is 755 g/mol. The van der Waals surface area contributed by atoms with Gasteiger partial charge in [-0.05, 0) is 50.2 Å². The second-order valence-corrected chi connectivity index (χ2v) is 12.8. The molecule has 3 aromatic rings. The molecule has 1 aliphatic heterocycles. The van der Waals surface area contributed by atoms with E-state index < -0.39 is 47.3 Å². The zero-order chi connectivity index (χ0) is 39.4. The number of hydrogen-bond donors (Lipinski definition) is 3. The van der Waals surface area contributed by atoms with Gasteiger partial charge in [0.25, 0.3) is 5.91 Å². The molecule has 12 nitrogen and oxygen atoms in total. The van der Waals surface area contributed by atoms with Crippen molar-refractivity contribution >= 4 is 35.1 Å². The Morgan fingerprint density at radius 3 is 1.91 bits per heavy atom. The molecule has 2 heterocycles. The Morgan fingerprint density at radius 2 is 1.40 bits per heavy atom. The minimum atomic E-state index is -5.77. The molecule has 0 spiro atoms. The fourth-order valence-corrected chi connectivity index (χ4v) is 4.97. The Morgan fingerprint density at radius 1 is 0.868 bits per heavy atom. The van der Waals surface area contributed by atoms with Crippen molar-refractivity contribution in [3.63, 3.8) is 0 Å². The summed E-state index contributed by atoms with van der Waals surface area (Å²) in [6, 6.07) is 19.0. The number of piperidine rings is 1. The molecule has 0 unspecified atom stereocenters. The fourth-order valence-electron chi connectivity index (χ4n) is 4.97. The molecule has 3 amide bonds. The van der Waals surface area contributed by atoms with Gasteiger partial charge in [-0.25, -0.2) is 4.98 Å². The molecule has 0 aliphatic carbocycles. The van der Waals surface area contributed by atoms with E-state index in [-0.39, 0.29) is 31.5 Å². The highest BCUT2D eigenvalue weighted by Crippen LogP contribution is 2.24. The number of carbonyl (C=O) groups excluding carboxylic acids is 5. The summed E-state index contributed by atoms with van der Waals surface area (Å²) in [5, 5.41) is 5.39. The first kappa shape index (κ1) is 42.3. The van der Waals surface area contributed by atoms with Gasteiger partial charge >= 0.3 is 23.9 Å². The Bertz CT molecular complexity index is 1660. The lowest BCUT2D eigenvalue weighted by molar-refractivity contribution is -0.193. The lowest BCUT2D eigenvalue weighted by Gasteiger charge is -2.32. The van der Waals surface area contributed by atoms with Crippen molar-refractivity contribution < 1.29 is 55.1 Å². The lowest BCUT2D eigenvalue weighted by Crippen LogP contribution is -2.56. The van der Waals surface area contributed by atoms with Gasteiger partial charge in [0, 0.05) is 19.3 Å². The van der Waals surface area contributed by atoms with Crippen molar-refractivity contribution in [2.24, 2.45) is 11.7 Å². The van der Waals surface area contributed by atoms with E-state index in [2.05, 4.69) is 39.9 Å². The number of alkyl halides is 6. The maximum absolute atomic E-state index is 13.1. The van der Waals surface area contributed by atoms with Gasteiger partial charge in [0.15, 0.2) is 5.82 Å². The fraction of sp³-hybridized carbons (Fsp3) is 0.429. The van der Waals surface area contributed by atoms with Crippen LogP contribution in [0.3, 0.4) is 0 Å². The standard InChI is InChI=1S/C31H40N6O4.C4F6O2/c1-31(2,32)30(40)34-26(21-41-20-25-11-7-4-8-12-25)29(39)35-27-18-36(22-33-27)19-28(38)37-15-13-24(14-16-37)17-23-9-5-3-6-10-23;5-3(6,7)1(11)2(12)4(8,9)10/h3-12,18,22,24,26H,13-17,19-21,32H2,1-2H3,(H,34,40)(H,35,39);/t26-;/m1./s1. The normalized spacial score (nSPS) is 14.4. The zero-order valence-electron chi connectivity index (χ0n) is 28.9. The van der Waals surface area contributed by atoms with E-state index >= 15 is 0 Å². The number of nitrogens with one attached hydrogen (secondary N) is 2. The molecule has 0 radical (unpaired) electrons. The predicted octanol–water partition coefficient (Wildman–Crippen LogP) is 3.99. The van der Waals surface area contributed by atoms with Crippen LogP contribution in [0, 0.1) is 5.92 Å². The topological polar surface area (TPSA) is 166 Å². The van der Waals surface area contributed by atoms with E-state index in [1.807, 2.05) is 41.3 Å². The zero-order valence-corrected chi connectivity index (χ0v) is 28.9. The summed E-state index contributed by atoms with van der Waals surface area (Å²) in [5.41, 5.74) is 7.03. The Kier molecular flexibility index (Phi) is 14.8. The summed E-state index contributed by atoms with van der Waals surface area (Å²) in [6.07, 6.45) is -5.43. The summed E-state index contributed by atoms with van der Waals surface area (Å²) < 4.78 is 74.3. The van der Waals surface area contributed by atoms with Gasteiger partial charge in [0.05, 0.1) is 25.1 Å². The minimum absolute atomic E-state index is 0.0167. The highest BCUT2D eigenvalue weighted by molar-refractivity contribution is 6.41. The number of benzene rings is 2. The Labute approximate surface area is 301 Å². The van der Waals surface area contributed by atoms with E-state index in [0.29, 0.717) is 5.92 Å². The maximum atomic E-state index is 13.1. The molecule has 288 valence electrons. The number of amides is 3. The minimum Gasteiger partial charge on any atom is -0.374 e. The highest BCUT2D eigenvalue weighted by Gasteiger charge is 2.54. The van der Waals surface area contributed by atoms with Crippen LogP contribution < -0.4 is 16.4 Å². The molecule has 1 fully saturated rings. The van der Waals surface area contributed by atoms with Gasteiger partial charge in [-0.1, -0.05) is 60.7 Å². The number of likely N-dealkylation sites (tertiary alicyclic amines) is 1. The van der Waals surface area contributed by atoms with Crippen LogP contribution in [0.4, 0.5) is 32.2 Å². The number of rotatable bonds is 13. The largest absolute Gasteiger partial charge is 0.458 e. The van der Waals surface area contributed by atoms with Crippen LogP contribution in [0.15, 0.2) is 73.2 Å². The second kappa shape index (κ2) is 18.6. The molecule has 2 aromatic carbocycles. The number of ether oxygens (including phenoxy) is 1. The van der Waals surface area contributed by atoms with Crippen LogP contribution in [0.2, 0.25) is 0 Å². The quantitative estimate of drug-likeness (QED) is 0.174. The van der Waals surface area contributed by atoms with Crippen molar-refractivity contribution in [3.8, 4) is 0 Å². The number of imidazole rings is 1. The number of anilines is 1. The number of hydrogen-bond acceptors (Lipinski definition) is 8. The van der Waals surface area contributed by atoms with E-state index in [1.54, 1.807) is 24.6 Å². The van der Waals surface area contributed by atoms with Gasteiger partial charge in [-0.2, -0.15) is 26.3 Å². The number of carbonyl (C=O) groups is 5. The monoisotopic (exact) mass is 754 g/mol. The molecule has 18 heteroatoms. The van der Waals surface area contributed by atoms with Gasteiger partial charge in [-0.15, -0.1) is 0 Å². The first-order valence-corrected chi connectivity index (χ1v) is 16.3. The van der Waals surface area contributed by atoms with Crippen LogP contribution in [-0.4, -0.2) is 87.4 Å². The smallest absolute Gasteiger partial charge is 0.374 e. The molecule has 1 aliphatic rings. The van der Waals surface area contributed by atoms with Gasteiger partial charge in [0.1, 0.15) is 12.6 Å². The average Bonchev–Trinajstić information content (AvgIpc) is 3.53. The second-order valence-electron chi connectivity index (χ2n) is 12.8. The lowest BCUT2D eigenvalue weighted by atomic mass is 9.90. The molecule has 1 saturated heterocycles. The van der Waals surface area contributed by atoms with E-state index in [0.717, 1.165) is 37.9 Å². The van der Waals surface area contributed by atoms with Crippen molar-refractivity contribution in [2.45, 2.75) is 70.2 Å². The molecular formula is C35H40F6N6O6. The van der Waals surface area contributed by atoms with Crippen LogP contribution in [0.5, 0.6) is 0 Å². The Hall–Kier alpha value is -5.10. The molecule has 0 bridgehead atoms. The molecule has 1 aromatic heterocycles. The maximum Gasteiger partial charge on any atom is 0.458 e. The third kappa shape index (κ3) is 14.1. The van der Waals surface area contributed by atoms with Crippen LogP contribution in [0.1, 0.15) is 37.8 Å². The van der Waals surface area contributed by atoms with Gasteiger partial charge < -0.3 is 30.6 Å². The van der Waals surface area contributed by atoms with Crippen molar-refractivity contribution in [2.75, 3.05) is 25.0 Å². The molecule has 1 atom stereocenters. The SMILES string of the molecule is CC(C)(N)C(=O)N[C@H](COCc1ccccc1)C(=O)Nc1cn(CC(=O)N2CCC(Cc3ccccc3)CC2)cn1.O=C(C(=O)C(F)(F)F)C(F)(F)F. The first-order chi connectivity index (χ1) is 24.7. The number of ketones is 2. The van der Waals surface area contributed by atoms with E-state index in [9.17, 15) is 50.3 Å². The summed E-state index contributed by atoms with van der Waals surface area (Å²) in [7, 11) is 0. The molecule has 53 heavy (non-hydrogen) atoms. The number of nitrogens with zero attached hydrogens (tertiary/aromatic N) is 3. The molecule has 0 saturated carbocycles. The number of aromatic nitrogens is 2.